The van der Waals surface area contributed by atoms with E-state index in [9.17, 15) is 0 Å². The number of hydrogen-bond donors (Lipinski definition) is 0. The van der Waals surface area contributed by atoms with E-state index in [0.29, 0.717) is 92.9 Å². The van der Waals surface area contributed by atoms with E-state index in [1.807, 2.05) is 146 Å². The number of alkyl halides is 2. The molecule has 0 saturated carbocycles. The quantitative estimate of drug-likeness (QED) is 0.0212. The van der Waals surface area contributed by atoms with Crippen LogP contribution in [-0.4, -0.2) is 134 Å². The van der Waals surface area contributed by atoms with E-state index >= 15 is 0 Å². The van der Waals surface area contributed by atoms with E-state index in [1.165, 1.54) is 0 Å². The van der Waals surface area contributed by atoms with Gasteiger partial charge in [0.25, 0.3) is 0 Å². The lowest BCUT2D eigenvalue weighted by molar-refractivity contribution is 0.0501. The first-order valence-corrected chi connectivity index (χ1v) is 38.8. The van der Waals surface area contributed by atoms with Crippen LogP contribution in [0.3, 0.4) is 0 Å². The molecule has 18 nitrogen and oxygen atoms in total. The Hall–Kier alpha value is -11.0. The minimum atomic E-state index is -0.0165. The lowest BCUT2D eigenvalue weighted by Gasteiger charge is -2.29. The molecular formula is C92H82Br2O18. The number of methoxy groups -OCH3 is 6. The maximum absolute atomic E-state index is 7.24. The first kappa shape index (κ1) is 76.3. The summed E-state index contributed by atoms with van der Waals surface area (Å²) in [5.74, 6) is 7.23. The highest BCUT2D eigenvalue weighted by Gasteiger charge is 2.36. The van der Waals surface area contributed by atoms with E-state index < -0.39 is 0 Å². The molecule has 0 aliphatic heterocycles. The van der Waals surface area contributed by atoms with Crippen molar-refractivity contribution in [3.63, 3.8) is 0 Å². The Morgan fingerprint density at radius 3 is 0.393 bits per heavy atom. The Morgan fingerprint density at radius 2 is 0.277 bits per heavy atom. The number of fused-ring (bicyclic) bond motifs is 24. The molecule has 0 saturated heterocycles. The van der Waals surface area contributed by atoms with Crippen molar-refractivity contribution in [2.75, 3.05) is 134 Å². The molecule has 0 atom stereocenters. The van der Waals surface area contributed by atoms with Gasteiger partial charge >= 0.3 is 0 Å². The summed E-state index contributed by atoms with van der Waals surface area (Å²) in [6.07, 6.45) is 0. The van der Waals surface area contributed by atoms with Crippen molar-refractivity contribution in [2.24, 2.45) is 0 Å². The van der Waals surface area contributed by atoms with Crippen molar-refractivity contribution >= 4 is 31.9 Å². The SMILES string of the molecule is COCOc1cccc2c1-c1c(OCOC)cccc1-c1cccc(OCCOc3cccc4c3-c3c(OCCOc5cccc6c5-c5c(OCCBr)cccc5-c5cccc(OCOC)c5-c5c(OCOC)cccc5-6)cccc3-c3cccc(OCOC)c3-c3c(OCOC)cccc3-4)c1-c1c(OCCBr)cccc1-2. The second-order valence-corrected chi connectivity index (χ2v) is 27.5. The summed E-state index contributed by atoms with van der Waals surface area (Å²) in [5, 5.41) is 1.20. The average molecular weight is 1640 g/mol. The summed E-state index contributed by atoms with van der Waals surface area (Å²) in [7, 11) is 9.63. The highest BCUT2D eigenvalue weighted by molar-refractivity contribution is 9.09. The molecule has 20 heteroatoms. The third kappa shape index (κ3) is 15.1. The van der Waals surface area contributed by atoms with Crippen LogP contribution in [-0.2, 0) is 28.4 Å². The zero-order valence-electron chi connectivity index (χ0n) is 62.8. The van der Waals surface area contributed by atoms with Crippen LogP contribution in [0.1, 0.15) is 0 Å². The molecule has 0 N–H and O–H groups in total. The van der Waals surface area contributed by atoms with Gasteiger partial charge in [-0.3, -0.25) is 0 Å². The predicted molar refractivity (Wildman–Crippen MR) is 441 cm³/mol. The molecule has 3 aliphatic carbocycles. The first-order chi connectivity index (χ1) is 55.4. The normalized spacial score (nSPS) is 11.6. The summed E-state index contributed by atoms with van der Waals surface area (Å²) < 4.78 is 114. The van der Waals surface area contributed by atoms with E-state index in [2.05, 4.69) is 105 Å². The molecular weight excluding hydrogens is 1550 g/mol. The van der Waals surface area contributed by atoms with Gasteiger partial charge in [-0.05, 0) is 140 Å². The molecule has 112 heavy (non-hydrogen) atoms. The van der Waals surface area contributed by atoms with Crippen molar-refractivity contribution in [2.45, 2.75) is 0 Å². The molecule has 0 aromatic heterocycles. The Kier molecular flexibility index (Phi) is 24.5. The van der Waals surface area contributed by atoms with Crippen LogP contribution in [0.25, 0.3) is 134 Å². The minimum absolute atomic E-state index is 0.0109. The average Bonchev–Trinajstić information content (AvgIpc) is 0.737. The summed E-state index contributed by atoms with van der Waals surface area (Å²) >= 11 is 7.27. The third-order valence-corrected chi connectivity index (χ3v) is 20.1. The highest BCUT2D eigenvalue weighted by atomic mass is 79.9. The topological polar surface area (TPSA) is 166 Å². The number of halogens is 2. The molecule has 0 bridgehead atoms. The minimum Gasteiger partial charge on any atom is -0.492 e. The molecule has 0 spiro atoms. The van der Waals surface area contributed by atoms with Gasteiger partial charge in [0.05, 0.1) is 13.2 Å². The van der Waals surface area contributed by atoms with Crippen molar-refractivity contribution in [1.82, 2.24) is 0 Å². The fraction of sp³-hybridized carbons (Fsp3) is 0.217. The monoisotopic (exact) mass is 1630 g/mol. The predicted octanol–water partition coefficient (Wildman–Crippen LogP) is 21.0. The smallest absolute Gasteiger partial charge is 0.188 e. The molecule has 12 aromatic carbocycles. The van der Waals surface area contributed by atoms with Gasteiger partial charge in [-0.1, -0.05) is 177 Å². The van der Waals surface area contributed by atoms with Crippen LogP contribution >= 0.6 is 31.9 Å². The zero-order valence-corrected chi connectivity index (χ0v) is 66.0. The second-order valence-electron chi connectivity index (χ2n) is 25.9. The lowest BCUT2D eigenvalue weighted by Crippen LogP contribution is -2.13. The summed E-state index contributed by atoms with van der Waals surface area (Å²) in [6.45, 7) is 1.23. The Balaban J connectivity index is 0.834. The molecule has 572 valence electrons. The summed E-state index contributed by atoms with van der Waals surface area (Å²) in [4.78, 5) is 0. The fourth-order valence-corrected chi connectivity index (χ4v) is 15.6. The van der Waals surface area contributed by atoms with Gasteiger partial charge in [0.15, 0.2) is 40.8 Å². The van der Waals surface area contributed by atoms with Crippen molar-refractivity contribution < 1.29 is 85.3 Å². The Labute approximate surface area is 667 Å². The number of hydrogen-bond acceptors (Lipinski definition) is 18. The van der Waals surface area contributed by atoms with E-state index in [-0.39, 0.29) is 67.2 Å². The standard InChI is InChI=1S/C92H82Br2O18/c1-95-51-107-75-37-13-25-63-57-19-7-31-69(101-45-43-93)81(57)83-59(65-27-15-39-77(109-53-97-3)89(65)87(63)75)21-9-33-71(83)103-47-49-105-73-35-11-23-61-67-29-17-41-79(111-55-99-5)91(67)92-68(30-18-42-80(92)112-56-100-6)62-24-12-36-74(86(62)85(61)73)106-50-48-104-72-34-10-22-60-66-28-16-40-78(110-54-98-4)90(66)88-64(26-14-38-76(88)108-52-96-2)58-20-8-32-70(102-46-44-94)82(58)84(60)72/h7-42H,43-56H2,1-6H3. The molecule has 0 fully saturated rings. The van der Waals surface area contributed by atoms with Crippen LogP contribution in [0.2, 0.25) is 0 Å². The maximum Gasteiger partial charge on any atom is 0.188 e. The fourth-order valence-electron chi connectivity index (χ4n) is 15.2. The van der Waals surface area contributed by atoms with E-state index in [0.717, 1.165) is 134 Å². The van der Waals surface area contributed by atoms with Gasteiger partial charge in [-0.2, -0.15) is 0 Å². The number of benzene rings is 12. The molecule has 15 rings (SSSR count). The van der Waals surface area contributed by atoms with Gasteiger partial charge < -0.3 is 85.3 Å². The summed E-state index contributed by atoms with van der Waals surface area (Å²) in [5.41, 5.74) is 20.0. The van der Waals surface area contributed by atoms with Crippen LogP contribution in [0, 0.1) is 0 Å². The van der Waals surface area contributed by atoms with Crippen molar-refractivity contribution in [3.05, 3.63) is 218 Å². The third-order valence-electron chi connectivity index (χ3n) is 19.4. The highest BCUT2D eigenvalue weighted by Crippen LogP contribution is 2.61. The molecule has 0 unspecified atom stereocenters. The molecule has 0 heterocycles. The number of ether oxygens (including phenoxy) is 18. The van der Waals surface area contributed by atoms with Crippen LogP contribution in [0.5, 0.6) is 69.0 Å². The van der Waals surface area contributed by atoms with Gasteiger partial charge in [-0.25, -0.2) is 0 Å². The van der Waals surface area contributed by atoms with Gasteiger partial charge in [0.2, 0.25) is 0 Å². The second kappa shape index (κ2) is 36.0. The van der Waals surface area contributed by atoms with Crippen molar-refractivity contribution in [1.29, 1.82) is 0 Å². The molecule has 0 radical (unpaired) electrons. The van der Waals surface area contributed by atoms with Gasteiger partial charge in [0.1, 0.15) is 95.4 Å². The molecule has 12 aromatic rings. The first-order valence-electron chi connectivity index (χ1n) is 36.6. The van der Waals surface area contributed by atoms with Crippen LogP contribution in [0.4, 0.5) is 0 Å². The van der Waals surface area contributed by atoms with Gasteiger partial charge in [0, 0.05) is 120 Å². The van der Waals surface area contributed by atoms with Crippen LogP contribution < -0.4 is 56.8 Å². The lowest BCUT2D eigenvalue weighted by atomic mass is 9.79. The van der Waals surface area contributed by atoms with Crippen LogP contribution in [0.15, 0.2) is 218 Å². The molecule has 0 amide bonds. The zero-order chi connectivity index (χ0) is 76.9. The number of rotatable bonds is 34. The van der Waals surface area contributed by atoms with Gasteiger partial charge in [-0.15, -0.1) is 0 Å². The van der Waals surface area contributed by atoms with E-state index in [1.54, 1.807) is 42.7 Å². The Bertz CT molecular complexity index is 5030. The summed E-state index contributed by atoms with van der Waals surface area (Å²) in [6, 6.07) is 72.7. The molecule has 3 aliphatic rings. The van der Waals surface area contributed by atoms with Crippen molar-refractivity contribution in [3.8, 4) is 203 Å². The maximum atomic E-state index is 7.24. The van der Waals surface area contributed by atoms with E-state index in [4.69, 9.17) is 85.3 Å². The largest absolute Gasteiger partial charge is 0.492 e. The Morgan fingerprint density at radius 1 is 0.161 bits per heavy atom.